The molecular weight excluding hydrogens is 160 g/mol. The molecular formula is C12H20O. The van der Waals surface area contributed by atoms with Gasteiger partial charge in [-0.25, -0.2) is 0 Å². The van der Waals surface area contributed by atoms with Gasteiger partial charge in [-0.15, -0.1) is 0 Å². The molecule has 0 radical (unpaired) electrons. The summed E-state index contributed by atoms with van der Waals surface area (Å²) in [6, 6.07) is 0. The summed E-state index contributed by atoms with van der Waals surface area (Å²) >= 11 is 0. The average molecular weight is 180 g/mol. The molecule has 0 aromatic rings. The van der Waals surface area contributed by atoms with Crippen LogP contribution in [0.2, 0.25) is 0 Å². The van der Waals surface area contributed by atoms with E-state index in [2.05, 4.69) is 13.8 Å². The Hall–Kier alpha value is -0.330. The molecule has 0 N–H and O–H groups in total. The Bertz CT molecular complexity index is 203. The predicted octanol–water partition coefficient (Wildman–Crippen LogP) is 3.18. The Morgan fingerprint density at radius 3 is 2.00 bits per heavy atom. The van der Waals surface area contributed by atoms with Gasteiger partial charge in [0, 0.05) is 5.41 Å². The molecule has 0 bridgehead atoms. The van der Waals surface area contributed by atoms with Crippen molar-refractivity contribution in [1.82, 2.24) is 0 Å². The molecule has 2 aliphatic carbocycles. The van der Waals surface area contributed by atoms with Crippen LogP contribution in [0.5, 0.6) is 0 Å². The van der Waals surface area contributed by atoms with Crippen molar-refractivity contribution in [3.63, 3.8) is 0 Å². The number of aldehydes is 1. The second kappa shape index (κ2) is 2.83. The van der Waals surface area contributed by atoms with Gasteiger partial charge >= 0.3 is 0 Å². The van der Waals surface area contributed by atoms with Crippen molar-refractivity contribution < 1.29 is 4.79 Å². The van der Waals surface area contributed by atoms with Crippen LogP contribution in [-0.2, 0) is 4.79 Å². The van der Waals surface area contributed by atoms with E-state index in [4.69, 9.17) is 0 Å². The van der Waals surface area contributed by atoms with Crippen molar-refractivity contribution in [2.45, 2.75) is 52.4 Å². The molecule has 0 atom stereocenters. The normalized spacial score (nSPS) is 31.2. The summed E-state index contributed by atoms with van der Waals surface area (Å²) in [4.78, 5) is 10.9. The lowest BCUT2D eigenvalue weighted by atomic mass is 9.68. The van der Waals surface area contributed by atoms with Crippen molar-refractivity contribution in [2.24, 2.45) is 16.7 Å². The third kappa shape index (κ3) is 1.66. The van der Waals surface area contributed by atoms with Gasteiger partial charge in [-0.2, -0.15) is 0 Å². The van der Waals surface area contributed by atoms with Crippen LogP contribution in [0.25, 0.3) is 0 Å². The van der Waals surface area contributed by atoms with Gasteiger partial charge < -0.3 is 4.79 Å². The molecule has 13 heavy (non-hydrogen) atoms. The fraction of sp³-hybridized carbons (Fsp3) is 0.917. The third-order valence-electron chi connectivity index (χ3n) is 4.21. The minimum atomic E-state index is 0.149. The number of hydrogen-bond acceptors (Lipinski definition) is 1. The first-order chi connectivity index (χ1) is 6.08. The van der Waals surface area contributed by atoms with E-state index in [-0.39, 0.29) is 5.41 Å². The van der Waals surface area contributed by atoms with E-state index in [1.807, 2.05) is 0 Å². The summed E-state index contributed by atoms with van der Waals surface area (Å²) in [5, 5.41) is 0. The van der Waals surface area contributed by atoms with Crippen molar-refractivity contribution in [2.75, 3.05) is 0 Å². The maximum atomic E-state index is 10.9. The van der Waals surface area contributed by atoms with E-state index >= 15 is 0 Å². The van der Waals surface area contributed by atoms with Crippen LogP contribution in [-0.4, -0.2) is 6.29 Å². The molecule has 2 fully saturated rings. The quantitative estimate of drug-likeness (QED) is 0.596. The second-order valence-corrected chi connectivity index (χ2v) is 5.79. The molecule has 2 saturated carbocycles. The maximum Gasteiger partial charge on any atom is 0.126 e. The molecule has 2 aliphatic rings. The standard InChI is InChI=1S/C12H20O/c1-11(2)5-3-10(4-6-11)12(9-13)7-8-12/h9-10H,3-8H2,1-2H3. The topological polar surface area (TPSA) is 17.1 Å². The Morgan fingerprint density at radius 2 is 1.62 bits per heavy atom. The highest BCUT2D eigenvalue weighted by Crippen LogP contribution is 2.56. The van der Waals surface area contributed by atoms with Crippen LogP contribution >= 0.6 is 0 Å². The minimum absolute atomic E-state index is 0.149. The van der Waals surface area contributed by atoms with Crippen LogP contribution in [0, 0.1) is 16.7 Å². The maximum absolute atomic E-state index is 10.9. The van der Waals surface area contributed by atoms with Gasteiger partial charge in [-0.1, -0.05) is 13.8 Å². The highest BCUT2D eigenvalue weighted by molar-refractivity contribution is 5.64. The zero-order valence-electron chi connectivity index (χ0n) is 8.81. The van der Waals surface area contributed by atoms with Gasteiger partial charge in [-0.05, 0) is 49.9 Å². The molecule has 2 rings (SSSR count). The van der Waals surface area contributed by atoms with Crippen LogP contribution in [0.1, 0.15) is 52.4 Å². The summed E-state index contributed by atoms with van der Waals surface area (Å²) in [5.41, 5.74) is 0.686. The Balaban J connectivity index is 1.95. The Labute approximate surface area is 80.9 Å². The van der Waals surface area contributed by atoms with Gasteiger partial charge in [0.1, 0.15) is 6.29 Å². The second-order valence-electron chi connectivity index (χ2n) is 5.79. The molecule has 0 aromatic carbocycles. The monoisotopic (exact) mass is 180 g/mol. The summed E-state index contributed by atoms with van der Waals surface area (Å²) in [6.45, 7) is 4.70. The van der Waals surface area contributed by atoms with Crippen LogP contribution in [0.4, 0.5) is 0 Å². The van der Waals surface area contributed by atoms with E-state index in [9.17, 15) is 4.79 Å². The van der Waals surface area contributed by atoms with Gasteiger partial charge in [0.15, 0.2) is 0 Å². The van der Waals surface area contributed by atoms with E-state index in [0.717, 1.165) is 5.92 Å². The number of carbonyl (C=O) groups is 1. The first kappa shape index (κ1) is 9.23. The third-order valence-corrected chi connectivity index (χ3v) is 4.21. The average Bonchev–Trinajstić information content (AvgIpc) is 2.85. The summed E-state index contributed by atoms with van der Waals surface area (Å²) in [6.07, 6.45) is 8.77. The molecule has 0 unspecified atom stereocenters. The van der Waals surface area contributed by atoms with Crippen LogP contribution in [0.3, 0.4) is 0 Å². The molecule has 0 saturated heterocycles. The highest BCUT2D eigenvalue weighted by atomic mass is 16.1. The van der Waals surface area contributed by atoms with E-state index < -0.39 is 0 Å². The SMILES string of the molecule is CC1(C)CCC(C2(C=O)CC2)CC1. The van der Waals surface area contributed by atoms with Gasteiger partial charge in [-0.3, -0.25) is 0 Å². The molecule has 74 valence electrons. The lowest BCUT2D eigenvalue weighted by molar-refractivity contribution is -0.114. The van der Waals surface area contributed by atoms with Gasteiger partial charge in [0.25, 0.3) is 0 Å². The van der Waals surface area contributed by atoms with Crippen LogP contribution < -0.4 is 0 Å². The van der Waals surface area contributed by atoms with Crippen molar-refractivity contribution >= 4 is 6.29 Å². The van der Waals surface area contributed by atoms with Crippen molar-refractivity contribution in [3.8, 4) is 0 Å². The molecule has 1 heteroatoms. The summed E-state index contributed by atoms with van der Waals surface area (Å²) in [5.74, 6) is 0.720. The molecule has 0 aromatic heterocycles. The summed E-state index contributed by atoms with van der Waals surface area (Å²) in [7, 11) is 0. The fourth-order valence-electron chi connectivity index (χ4n) is 2.74. The smallest absolute Gasteiger partial charge is 0.126 e. The van der Waals surface area contributed by atoms with E-state index in [1.54, 1.807) is 0 Å². The molecule has 0 aliphatic heterocycles. The van der Waals surface area contributed by atoms with Crippen molar-refractivity contribution in [1.29, 1.82) is 0 Å². The Kier molecular flexibility index (Phi) is 2.01. The zero-order chi connectivity index (χ0) is 9.53. The first-order valence-corrected chi connectivity index (χ1v) is 5.54. The molecule has 0 spiro atoms. The largest absolute Gasteiger partial charge is 0.303 e. The number of rotatable bonds is 2. The van der Waals surface area contributed by atoms with Gasteiger partial charge in [0.05, 0.1) is 0 Å². The number of carbonyl (C=O) groups excluding carboxylic acids is 1. The molecule has 1 nitrogen and oxygen atoms in total. The lowest BCUT2D eigenvalue weighted by Gasteiger charge is -2.36. The fourth-order valence-corrected chi connectivity index (χ4v) is 2.74. The predicted molar refractivity (Wildman–Crippen MR) is 53.5 cm³/mol. The molecule has 0 amide bonds. The Morgan fingerprint density at radius 1 is 1.08 bits per heavy atom. The van der Waals surface area contributed by atoms with Crippen molar-refractivity contribution in [3.05, 3.63) is 0 Å². The highest BCUT2D eigenvalue weighted by Gasteiger charge is 2.50. The molecule has 0 heterocycles. The van der Waals surface area contributed by atoms with E-state index in [1.165, 1.54) is 44.8 Å². The summed E-state index contributed by atoms with van der Waals surface area (Å²) < 4.78 is 0. The lowest BCUT2D eigenvalue weighted by Crippen LogP contribution is -2.27. The van der Waals surface area contributed by atoms with E-state index in [0.29, 0.717) is 5.41 Å². The van der Waals surface area contributed by atoms with Crippen LogP contribution in [0.15, 0.2) is 0 Å². The zero-order valence-corrected chi connectivity index (χ0v) is 8.81. The minimum Gasteiger partial charge on any atom is -0.303 e. The first-order valence-electron chi connectivity index (χ1n) is 5.54. The number of hydrogen-bond donors (Lipinski definition) is 0. The van der Waals surface area contributed by atoms with Gasteiger partial charge in [0.2, 0.25) is 0 Å².